The first kappa shape index (κ1) is 87.1. The zero-order valence-electron chi connectivity index (χ0n) is 55.1. The van der Waals surface area contributed by atoms with Crippen LogP contribution in [-0.2, 0) is 123 Å². The summed E-state index contributed by atoms with van der Waals surface area (Å²) in [7, 11) is 1.78. The molecule has 0 saturated carbocycles. The number of likely N-dealkylation sites (N-methyl/N-ethyl adjacent to an activating group) is 1. The smallest absolute Gasteiger partial charge is 0.222 e. The molecule has 0 aliphatic carbocycles. The van der Waals surface area contributed by atoms with Gasteiger partial charge in [0.15, 0.2) is 0 Å². The van der Waals surface area contributed by atoms with Crippen molar-refractivity contribution in [2.24, 2.45) is 0 Å². The Balaban J connectivity index is 3.12. The van der Waals surface area contributed by atoms with Crippen molar-refractivity contribution in [1.82, 2.24) is 10.6 Å². The Bertz CT molecular complexity index is 1350. The van der Waals surface area contributed by atoms with Crippen molar-refractivity contribution in [1.29, 1.82) is 0 Å². The van der Waals surface area contributed by atoms with Crippen molar-refractivity contribution in [3.8, 4) is 0 Å². The Morgan fingerprint density at radius 1 is 0.258 bits per heavy atom. The summed E-state index contributed by atoms with van der Waals surface area (Å²) in [4.78, 5) is 23.3. The van der Waals surface area contributed by atoms with Crippen LogP contribution in [0, 0.1) is 0 Å². The van der Waals surface area contributed by atoms with Gasteiger partial charge in [-0.2, -0.15) is 0 Å². The molecule has 0 aliphatic rings. The molecule has 0 aromatic heterocycles. The van der Waals surface area contributed by atoms with Crippen molar-refractivity contribution in [2.75, 3.05) is 331 Å². The average Bonchev–Trinajstić information content (AvgIpc) is 3.55. The lowest BCUT2D eigenvalue weighted by molar-refractivity contribution is -0.122. The van der Waals surface area contributed by atoms with E-state index in [9.17, 15) is 9.59 Å². The molecule has 0 fully saturated rings. The zero-order chi connectivity index (χ0) is 64.0. The highest BCUT2D eigenvalue weighted by Crippen LogP contribution is 2.02. The monoisotopic (exact) mass is 1300 g/mol. The Kier molecular flexibility index (Phi) is 78.7. The fraction of sp³-hybridized carbons (Fsp3) is 0.967. The molecule has 28 heteroatoms. The molecule has 0 heterocycles. The highest BCUT2D eigenvalue weighted by Gasteiger charge is 2.11. The number of ketones is 1. The third-order valence-electron chi connectivity index (χ3n) is 11.8. The number of unbranched alkanes of at least 4 members (excludes halogenated alkanes) is 2. The SMILES string of the molecule is CCCCOCCOCCOCCOCCOCCOCCOCCOCCOCCOCCOCCOCCOCCOCCOCCOCCOCCOCCOCCOCCOCCOCCOCCOCCC(=O)NCCCCC(NC)C(C)=O. The number of hydrogen-bond acceptors (Lipinski definition) is 27. The van der Waals surface area contributed by atoms with Gasteiger partial charge in [0.1, 0.15) is 5.78 Å². The van der Waals surface area contributed by atoms with Crippen LogP contribution >= 0.6 is 0 Å². The molecule has 0 aromatic rings. The summed E-state index contributed by atoms with van der Waals surface area (Å²) in [6.45, 7) is 28.0. The van der Waals surface area contributed by atoms with E-state index < -0.39 is 0 Å². The molecule has 0 radical (unpaired) electrons. The molecule has 0 aromatic carbocycles. The summed E-state index contributed by atoms with van der Waals surface area (Å²) in [5.74, 6) is 0.0891. The van der Waals surface area contributed by atoms with Crippen LogP contribution in [0.2, 0.25) is 0 Å². The van der Waals surface area contributed by atoms with Gasteiger partial charge in [-0.15, -0.1) is 0 Å². The first-order valence-electron chi connectivity index (χ1n) is 32.4. The van der Waals surface area contributed by atoms with Gasteiger partial charge in [-0.25, -0.2) is 0 Å². The Morgan fingerprint density at radius 3 is 0.607 bits per heavy atom. The van der Waals surface area contributed by atoms with E-state index in [4.69, 9.17) is 114 Å². The minimum atomic E-state index is -0.114. The summed E-state index contributed by atoms with van der Waals surface area (Å²) in [5, 5.41) is 5.88. The molecule has 0 aliphatic heterocycles. The van der Waals surface area contributed by atoms with E-state index in [0.29, 0.717) is 323 Å². The fourth-order valence-corrected chi connectivity index (χ4v) is 6.91. The highest BCUT2D eigenvalue weighted by molar-refractivity contribution is 5.81. The van der Waals surface area contributed by atoms with Gasteiger partial charge >= 0.3 is 0 Å². The van der Waals surface area contributed by atoms with Crippen molar-refractivity contribution < 1.29 is 123 Å². The van der Waals surface area contributed by atoms with E-state index in [0.717, 1.165) is 38.7 Å². The predicted molar refractivity (Wildman–Crippen MR) is 330 cm³/mol. The van der Waals surface area contributed by atoms with Crippen molar-refractivity contribution in [3.63, 3.8) is 0 Å². The Labute approximate surface area is 533 Å². The second kappa shape index (κ2) is 80.4. The molecule has 0 rings (SSSR count). The lowest BCUT2D eigenvalue weighted by Crippen LogP contribution is -2.32. The molecule has 1 unspecified atom stereocenters. The van der Waals surface area contributed by atoms with E-state index in [-0.39, 0.29) is 17.7 Å². The molecular formula is C61H122N2O26. The average molecular weight is 1300 g/mol. The Morgan fingerprint density at radius 2 is 0.438 bits per heavy atom. The number of carbonyl (C=O) groups is 2. The van der Waals surface area contributed by atoms with Crippen LogP contribution in [0.15, 0.2) is 0 Å². The molecule has 0 bridgehead atoms. The van der Waals surface area contributed by atoms with Crippen molar-refractivity contribution in [2.45, 2.75) is 58.4 Å². The largest absolute Gasteiger partial charge is 0.379 e. The van der Waals surface area contributed by atoms with Crippen LogP contribution in [0.5, 0.6) is 0 Å². The van der Waals surface area contributed by atoms with Crippen LogP contribution in [0.4, 0.5) is 0 Å². The van der Waals surface area contributed by atoms with Gasteiger partial charge in [0, 0.05) is 19.6 Å². The lowest BCUT2D eigenvalue weighted by atomic mass is 10.1. The lowest BCUT2D eigenvalue weighted by Gasteiger charge is -2.12. The minimum absolute atomic E-state index is 0.0443. The summed E-state index contributed by atoms with van der Waals surface area (Å²) in [5.41, 5.74) is 0. The topological polar surface area (TPSA) is 280 Å². The predicted octanol–water partition coefficient (Wildman–Crippen LogP) is 2.04. The third-order valence-corrected chi connectivity index (χ3v) is 11.8. The van der Waals surface area contributed by atoms with Crippen LogP contribution in [0.3, 0.4) is 0 Å². The van der Waals surface area contributed by atoms with E-state index in [1.54, 1.807) is 14.0 Å². The zero-order valence-corrected chi connectivity index (χ0v) is 55.1. The quantitative estimate of drug-likeness (QED) is 0.0824. The molecule has 89 heavy (non-hydrogen) atoms. The van der Waals surface area contributed by atoms with Gasteiger partial charge in [-0.3, -0.25) is 9.59 Å². The second-order valence-corrected chi connectivity index (χ2v) is 19.1. The fourth-order valence-electron chi connectivity index (χ4n) is 6.91. The number of rotatable bonds is 82. The molecule has 1 atom stereocenters. The van der Waals surface area contributed by atoms with Crippen LogP contribution in [0.1, 0.15) is 52.4 Å². The third kappa shape index (κ3) is 78.5. The summed E-state index contributed by atoms with van der Waals surface area (Å²) in [6, 6.07) is -0.114. The minimum Gasteiger partial charge on any atom is -0.379 e. The summed E-state index contributed by atoms with van der Waals surface area (Å²) < 4.78 is 132. The number of carbonyl (C=O) groups excluding carboxylic acids is 2. The van der Waals surface area contributed by atoms with Gasteiger partial charge in [0.25, 0.3) is 0 Å². The normalized spacial score (nSPS) is 12.0. The maximum Gasteiger partial charge on any atom is 0.222 e. The maximum absolute atomic E-state index is 11.9. The van der Waals surface area contributed by atoms with Gasteiger partial charge in [0.2, 0.25) is 5.91 Å². The number of nitrogens with one attached hydrogen (secondary N) is 2. The molecule has 28 nitrogen and oxygen atoms in total. The van der Waals surface area contributed by atoms with Gasteiger partial charge in [-0.05, 0) is 39.7 Å². The highest BCUT2D eigenvalue weighted by atomic mass is 16.6. The number of hydrogen-bond donors (Lipinski definition) is 2. The van der Waals surface area contributed by atoms with E-state index in [1.165, 1.54) is 0 Å². The van der Waals surface area contributed by atoms with Crippen LogP contribution in [0.25, 0.3) is 0 Å². The van der Waals surface area contributed by atoms with E-state index in [1.807, 2.05) is 0 Å². The molecule has 0 saturated heterocycles. The van der Waals surface area contributed by atoms with Gasteiger partial charge < -0.3 is 124 Å². The summed E-state index contributed by atoms with van der Waals surface area (Å²) >= 11 is 0. The van der Waals surface area contributed by atoms with Crippen molar-refractivity contribution in [3.05, 3.63) is 0 Å². The summed E-state index contributed by atoms with van der Waals surface area (Å²) in [6.07, 6.45) is 5.00. The second-order valence-electron chi connectivity index (χ2n) is 19.1. The van der Waals surface area contributed by atoms with Gasteiger partial charge in [0.05, 0.1) is 317 Å². The number of Topliss-reactive ketones (excluding diaryl/α,β-unsaturated/α-hetero) is 1. The molecular weight excluding hydrogens is 1180 g/mol. The number of ether oxygens (including phenoxy) is 24. The molecule has 1 amide bonds. The van der Waals surface area contributed by atoms with E-state index >= 15 is 0 Å². The number of amides is 1. The van der Waals surface area contributed by atoms with Crippen molar-refractivity contribution >= 4 is 11.7 Å². The van der Waals surface area contributed by atoms with Crippen LogP contribution < -0.4 is 10.6 Å². The molecule has 0 spiro atoms. The molecule has 532 valence electrons. The maximum atomic E-state index is 11.9. The first-order chi connectivity index (χ1) is 44.1. The van der Waals surface area contributed by atoms with E-state index in [2.05, 4.69) is 17.6 Å². The molecule has 2 N–H and O–H groups in total. The van der Waals surface area contributed by atoms with Crippen LogP contribution in [-0.4, -0.2) is 348 Å². The Hall–Kier alpha value is -1.86. The standard InChI is InChI=1S/C61H122N2O26/c1-4-5-11-66-13-15-68-17-19-70-21-23-72-25-27-74-29-31-76-33-35-78-37-39-80-41-43-82-45-47-84-49-51-86-53-55-88-57-58-89-56-54-87-52-50-85-48-46-83-44-42-81-40-38-79-36-34-77-32-30-75-28-26-73-24-22-71-20-18-69-16-14-67-12-9-61(65)63-10-7-6-8-60(62-3)59(2)64/h60,62H,4-58H2,1-3H3,(H,63,65). The first-order valence-corrected chi connectivity index (χ1v) is 32.4. The van der Waals surface area contributed by atoms with Gasteiger partial charge in [-0.1, -0.05) is 13.3 Å².